The van der Waals surface area contributed by atoms with Crippen LogP contribution in [0.5, 0.6) is 46.0 Å². The van der Waals surface area contributed by atoms with Crippen LogP contribution in [0.2, 0.25) is 0 Å². The molecule has 16 heteroatoms. The second-order valence-corrected chi connectivity index (χ2v) is 24.4. The standard InChI is InChI=1S/C64H64N2O12S2/c1-79(69,70)55-25-9-45(10-26-55)57-29-13-47-43-53(23-31-59(47)63(57)77-51-19-15-49(16-20-51)73-41-39-65-35-5-3-6-36-65)75-61(67)33-34-62(68)76-54-24-32-60-48(44-54)14-30-58(46-11-27-56(28-12-46)80(2,71)72)64(60)78-52-21-17-50(18-22-52)74-42-40-66-37-7-4-8-38-66/h9-32,43-44H,3-8,33-42H2,1-2H3. The number of benzene rings is 8. The average molecular weight is 1120 g/mol. The Bertz CT molecular complexity index is 3460. The molecule has 2 aliphatic heterocycles. The number of fused-ring (bicyclic) bond motifs is 2. The first-order valence-corrected chi connectivity index (χ1v) is 30.9. The lowest BCUT2D eigenvalue weighted by molar-refractivity contribution is -0.140. The number of hydrogen-bond acceptors (Lipinski definition) is 14. The number of carbonyl (C=O) groups is 2. The zero-order valence-corrected chi connectivity index (χ0v) is 46.6. The second-order valence-electron chi connectivity index (χ2n) is 20.3. The number of esters is 2. The summed E-state index contributed by atoms with van der Waals surface area (Å²) in [5, 5.41) is 2.85. The molecule has 0 radical (unpaired) electrons. The second kappa shape index (κ2) is 25.1. The van der Waals surface area contributed by atoms with E-state index in [0.717, 1.165) is 73.0 Å². The van der Waals surface area contributed by atoms with Crippen molar-refractivity contribution in [3.8, 4) is 68.2 Å². The molecular formula is C64H64N2O12S2. The number of carbonyl (C=O) groups excluding carboxylic acids is 2. The number of hydrogen-bond donors (Lipinski definition) is 0. The molecule has 2 heterocycles. The first-order chi connectivity index (χ1) is 38.7. The third-order valence-electron chi connectivity index (χ3n) is 14.4. The molecule has 0 saturated carbocycles. The summed E-state index contributed by atoms with van der Waals surface area (Å²) in [5.74, 6) is 2.89. The van der Waals surface area contributed by atoms with Crippen LogP contribution in [0.25, 0.3) is 43.8 Å². The van der Waals surface area contributed by atoms with E-state index in [9.17, 15) is 26.4 Å². The predicted molar refractivity (Wildman–Crippen MR) is 310 cm³/mol. The van der Waals surface area contributed by atoms with Crippen LogP contribution in [-0.2, 0) is 29.3 Å². The maximum absolute atomic E-state index is 13.3. The van der Waals surface area contributed by atoms with Gasteiger partial charge in [0.2, 0.25) is 0 Å². The molecule has 414 valence electrons. The average Bonchev–Trinajstić information content (AvgIpc) is 3.46. The van der Waals surface area contributed by atoms with E-state index in [1.54, 1.807) is 84.9 Å². The van der Waals surface area contributed by atoms with Gasteiger partial charge in [0.05, 0.1) is 22.6 Å². The summed E-state index contributed by atoms with van der Waals surface area (Å²) in [5.41, 5.74) is 2.92. The number of rotatable bonds is 21. The van der Waals surface area contributed by atoms with E-state index < -0.39 is 31.6 Å². The summed E-state index contributed by atoms with van der Waals surface area (Å²) in [7, 11) is -6.83. The van der Waals surface area contributed by atoms with Gasteiger partial charge in [0.15, 0.2) is 19.7 Å². The SMILES string of the molecule is CS(=O)(=O)c1ccc(-c2ccc3cc(OC(=O)CCC(=O)Oc4ccc5c(Oc6ccc(OCCN7CCCCC7)cc6)c(-c6ccc(S(C)(=O)=O)cc6)ccc5c4)ccc3c2Oc2ccc(OCCN3CCCCC3)cc2)cc1. The van der Waals surface area contributed by atoms with E-state index in [2.05, 4.69) is 9.80 Å². The Labute approximate surface area is 467 Å². The van der Waals surface area contributed by atoms with E-state index in [-0.39, 0.29) is 34.1 Å². The first kappa shape index (κ1) is 55.6. The van der Waals surface area contributed by atoms with E-state index in [4.69, 9.17) is 28.4 Å². The summed E-state index contributed by atoms with van der Waals surface area (Å²) < 4.78 is 86.0. The van der Waals surface area contributed by atoms with Gasteiger partial charge in [-0.15, -0.1) is 0 Å². The molecule has 2 saturated heterocycles. The lowest BCUT2D eigenvalue weighted by atomic mass is 9.99. The third-order valence-corrected chi connectivity index (χ3v) is 16.7. The van der Waals surface area contributed by atoms with Gasteiger partial charge in [0, 0.05) is 47.5 Å². The fourth-order valence-electron chi connectivity index (χ4n) is 10.1. The molecule has 0 bridgehead atoms. The molecule has 0 aromatic heterocycles. The summed E-state index contributed by atoms with van der Waals surface area (Å²) in [6, 6.07) is 46.0. The van der Waals surface area contributed by atoms with E-state index >= 15 is 0 Å². The van der Waals surface area contributed by atoms with Gasteiger partial charge in [-0.2, -0.15) is 0 Å². The van der Waals surface area contributed by atoms with Gasteiger partial charge < -0.3 is 28.4 Å². The van der Waals surface area contributed by atoms with Gasteiger partial charge in [-0.25, -0.2) is 16.8 Å². The van der Waals surface area contributed by atoms with Crippen LogP contribution in [-0.4, -0.2) is 104 Å². The molecule has 80 heavy (non-hydrogen) atoms. The zero-order valence-electron chi connectivity index (χ0n) is 44.9. The molecular weight excluding hydrogens is 1050 g/mol. The number of piperidine rings is 2. The van der Waals surface area contributed by atoms with Crippen molar-refractivity contribution in [3.05, 3.63) is 158 Å². The van der Waals surface area contributed by atoms with Gasteiger partial charge in [0.1, 0.15) is 59.2 Å². The van der Waals surface area contributed by atoms with Gasteiger partial charge >= 0.3 is 11.9 Å². The topological polar surface area (TPSA) is 164 Å². The van der Waals surface area contributed by atoms with Crippen molar-refractivity contribution in [2.45, 2.75) is 61.2 Å². The molecule has 0 N–H and O–H groups in total. The molecule has 0 amide bonds. The number of sulfone groups is 2. The maximum atomic E-state index is 13.3. The van der Waals surface area contributed by atoms with Crippen molar-refractivity contribution in [2.24, 2.45) is 0 Å². The van der Waals surface area contributed by atoms with Crippen LogP contribution in [0.15, 0.2) is 168 Å². The highest BCUT2D eigenvalue weighted by molar-refractivity contribution is 7.91. The van der Waals surface area contributed by atoms with Crippen LogP contribution in [0, 0.1) is 0 Å². The monoisotopic (exact) mass is 1120 g/mol. The minimum absolute atomic E-state index is 0.200. The van der Waals surface area contributed by atoms with Gasteiger partial charge in [-0.1, -0.05) is 49.2 Å². The molecule has 8 aromatic carbocycles. The molecule has 2 fully saturated rings. The summed E-state index contributed by atoms with van der Waals surface area (Å²) in [6.07, 6.45) is 9.28. The first-order valence-electron chi connectivity index (χ1n) is 27.1. The predicted octanol–water partition coefficient (Wildman–Crippen LogP) is 12.7. The van der Waals surface area contributed by atoms with Crippen LogP contribution >= 0.6 is 0 Å². The molecule has 2 aliphatic rings. The normalized spacial score (nSPS) is 14.4. The third kappa shape index (κ3) is 14.3. The minimum Gasteiger partial charge on any atom is -0.492 e. The minimum atomic E-state index is -3.42. The quantitative estimate of drug-likeness (QED) is 0.0493. The van der Waals surface area contributed by atoms with Crippen LogP contribution in [0.4, 0.5) is 0 Å². The van der Waals surface area contributed by atoms with E-state index in [1.807, 2.05) is 72.8 Å². The number of ether oxygens (including phenoxy) is 6. The summed E-state index contributed by atoms with van der Waals surface area (Å²) in [6.45, 7) is 7.32. The van der Waals surface area contributed by atoms with Gasteiger partial charge in [-0.3, -0.25) is 19.4 Å². The Kier molecular flexibility index (Phi) is 17.5. The smallest absolute Gasteiger partial charge is 0.311 e. The van der Waals surface area contributed by atoms with E-state index in [0.29, 0.717) is 57.8 Å². The van der Waals surface area contributed by atoms with Crippen LogP contribution in [0.3, 0.4) is 0 Å². The zero-order chi connectivity index (χ0) is 55.6. The van der Waals surface area contributed by atoms with Crippen molar-refractivity contribution >= 4 is 53.2 Å². The molecule has 14 nitrogen and oxygen atoms in total. The molecule has 0 unspecified atom stereocenters. The highest BCUT2D eigenvalue weighted by Gasteiger charge is 2.20. The Morgan fingerprint density at radius 3 is 1.12 bits per heavy atom. The van der Waals surface area contributed by atoms with Crippen molar-refractivity contribution in [1.82, 2.24) is 9.80 Å². The van der Waals surface area contributed by atoms with Crippen LogP contribution in [0.1, 0.15) is 51.4 Å². The Morgan fingerprint density at radius 1 is 0.412 bits per heavy atom. The highest BCUT2D eigenvalue weighted by Crippen LogP contribution is 2.43. The molecule has 10 rings (SSSR count). The molecule has 0 atom stereocenters. The fraction of sp³-hybridized carbons (Fsp3) is 0.281. The Hall–Kier alpha value is -7.76. The Balaban J connectivity index is 0.805. The van der Waals surface area contributed by atoms with Crippen LogP contribution < -0.4 is 28.4 Å². The summed E-state index contributed by atoms with van der Waals surface area (Å²) in [4.78, 5) is 31.8. The number of likely N-dealkylation sites (tertiary alicyclic amines) is 2. The van der Waals surface area contributed by atoms with Crippen molar-refractivity contribution in [3.63, 3.8) is 0 Å². The summed E-state index contributed by atoms with van der Waals surface area (Å²) >= 11 is 0. The van der Waals surface area contributed by atoms with Crippen molar-refractivity contribution in [2.75, 3.05) is 65.0 Å². The highest BCUT2D eigenvalue weighted by atomic mass is 32.2. The van der Waals surface area contributed by atoms with Gasteiger partial charge in [0.25, 0.3) is 0 Å². The molecule has 8 aromatic rings. The molecule has 0 spiro atoms. The lowest BCUT2D eigenvalue weighted by Crippen LogP contribution is -2.33. The number of nitrogens with zero attached hydrogens (tertiary/aromatic N) is 2. The molecule has 0 aliphatic carbocycles. The Morgan fingerprint density at radius 2 is 0.762 bits per heavy atom. The lowest BCUT2D eigenvalue weighted by Gasteiger charge is -2.26. The maximum Gasteiger partial charge on any atom is 0.311 e. The largest absolute Gasteiger partial charge is 0.492 e. The van der Waals surface area contributed by atoms with Gasteiger partial charge in [-0.05, 0) is 195 Å². The van der Waals surface area contributed by atoms with Crippen molar-refractivity contribution < 1.29 is 54.8 Å². The fourth-order valence-corrected chi connectivity index (χ4v) is 11.3. The van der Waals surface area contributed by atoms with E-state index in [1.165, 1.54) is 51.0 Å². The van der Waals surface area contributed by atoms with Crippen molar-refractivity contribution in [1.29, 1.82) is 0 Å².